The SMILES string of the molecule is COC(=O)CC=Cc1ccc(Cl)nn1. The molecule has 0 bridgehead atoms. The van der Waals surface area contributed by atoms with Crippen molar-refractivity contribution in [1.29, 1.82) is 0 Å². The molecule has 0 N–H and O–H groups in total. The minimum atomic E-state index is -0.289. The first-order valence-electron chi connectivity index (χ1n) is 3.95. The number of hydrogen-bond donors (Lipinski definition) is 0. The molecule has 5 heteroatoms. The Morgan fingerprint density at radius 2 is 2.36 bits per heavy atom. The summed E-state index contributed by atoms with van der Waals surface area (Å²) in [5.41, 5.74) is 0.651. The van der Waals surface area contributed by atoms with E-state index in [4.69, 9.17) is 11.6 Å². The van der Waals surface area contributed by atoms with Gasteiger partial charge in [-0.1, -0.05) is 17.7 Å². The van der Waals surface area contributed by atoms with Crippen LogP contribution >= 0.6 is 11.6 Å². The minimum Gasteiger partial charge on any atom is -0.469 e. The predicted octanol–water partition coefficient (Wildman–Crippen LogP) is 1.71. The molecule has 1 aromatic heterocycles. The van der Waals surface area contributed by atoms with Crippen molar-refractivity contribution in [2.24, 2.45) is 0 Å². The minimum absolute atomic E-state index is 0.223. The first kappa shape index (κ1) is 10.7. The molecule has 0 saturated heterocycles. The summed E-state index contributed by atoms with van der Waals surface area (Å²) >= 11 is 5.55. The summed E-state index contributed by atoms with van der Waals surface area (Å²) < 4.78 is 4.46. The fraction of sp³-hybridized carbons (Fsp3) is 0.222. The normalized spacial score (nSPS) is 10.4. The number of carbonyl (C=O) groups excluding carboxylic acids is 1. The van der Waals surface area contributed by atoms with Crippen LogP contribution in [0.1, 0.15) is 12.1 Å². The maximum atomic E-state index is 10.7. The molecule has 0 aliphatic rings. The molecule has 1 heterocycles. The van der Waals surface area contributed by atoms with Crippen LogP contribution < -0.4 is 0 Å². The number of ether oxygens (including phenoxy) is 1. The molecule has 0 radical (unpaired) electrons. The lowest BCUT2D eigenvalue weighted by molar-refractivity contribution is -0.139. The summed E-state index contributed by atoms with van der Waals surface area (Å²) in [6, 6.07) is 3.34. The summed E-state index contributed by atoms with van der Waals surface area (Å²) in [6.45, 7) is 0. The summed E-state index contributed by atoms with van der Waals surface area (Å²) in [4.78, 5) is 10.7. The average molecular weight is 213 g/mol. The molecule has 0 aromatic carbocycles. The third-order valence-electron chi connectivity index (χ3n) is 1.45. The Balaban J connectivity index is 2.52. The van der Waals surface area contributed by atoms with Gasteiger partial charge in [0, 0.05) is 0 Å². The number of nitrogens with zero attached hydrogens (tertiary/aromatic N) is 2. The molecule has 74 valence electrons. The second-order valence-electron chi connectivity index (χ2n) is 2.46. The van der Waals surface area contributed by atoms with Gasteiger partial charge in [-0.15, -0.1) is 10.2 Å². The van der Waals surface area contributed by atoms with Crippen LogP contribution in [-0.4, -0.2) is 23.3 Å². The van der Waals surface area contributed by atoms with E-state index < -0.39 is 0 Å². The highest BCUT2D eigenvalue weighted by Crippen LogP contribution is 2.03. The van der Waals surface area contributed by atoms with Crippen LogP contribution in [0.4, 0.5) is 0 Å². The van der Waals surface area contributed by atoms with Crippen molar-refractivity contribution in [2.75, 3.05) is 7.11 Å². The highest BCUT2D eigenvalue weighted by molar-refractivity contribution is 6.29. The van der Waals surface area contributed by atoms with Crippen molar-refractivity contribution in [3.8, 4) is 0 Å². The second kappa shape index (κ2) is 5.34. The van der Waals surface area contributed by atoms with Crippen LogP contribution in [0.15, 0.2) is 18.2 Å². The summed E-state index contributed by atoms with van der Waals surface area (Å²) in [6.07, 6.45) is 3.56. The number of methoxy groups -OCH3 is 1. The van der Waals surface area contributed by atoms with Crippen molar-refractivity contribution in [3.05, 3.63) is 29.1 Å². The van der Waals surface area contributed by atoms with Crippen molar-refractivity contribution < 1.29 is 9.53 Å². The fourth-order valence-corrected chi connectivity index (χ4v) is 0.875. The van der Waals surface area contributed by atoms with E-state index in [1.807, 2.05) is 0 Å². The second-order valence-corrected chi connectivity index (χ2v) is 2.85. The molecule has 0 aliphatic carbocycles. The van der Waals surface area contributed by atoms with E-state index in [1.54, 1.807) is 24.3 Å². The number of esters is 1. The quantitative estimate of drug-likeness (QED) is 0.716. The van der Waals surface area contributed by atoms with Gasteiger partial charge in [-0.3, -0.25) is 4.79 Å². The third kappa shape index (κ3) is 3.53. The number of carbonyl (C=O) groups is 1. The molecular weight excluding hydrogens is 204 g/mol. The molecule has 0 fully saturated rings. The number of halogens is 1. The van der Waals surface area contributed by atoms with E-state index in [9.17, 15) is 4.79 Å². The van der Waals surface area contributed by atoms with Gasteiger partial charge in [-0.2, -0.15) is 0 Å². The maximum absolute atomic E-state index is 10.7. The number of aromatic nitrogens is 2. The molecule has 1 rings (SSSR count). The zero-order chi connectivity index (χ0) is 10.4. The molecule has 0 aliphatic heterocycles. The Morgan fingerprint density at radius 1 is 1.57 bits per heavy atom. The largest absolute Gasteiger partial charge is 0.469 e. The van der Waals surface area contributed by atoms with Gasteiger partial charge in [-0.25, -0.2) is 0 Å². The maximum Gasteiger partial charge on any atom is 0.309 e. The van der Waals surface area contributed by atoms with Crippen LogP contribution in [0.2, 0.25) is 5.15 Å². The Bertz CT molecular complexity index is 335. The Morgan fingerprint density at radius 3 is 2.93 bits per heavy atom. The third-order valence-corrected chi connectivity index (χ3v) is 1.66. The molecule has 0 spiro atoms. The highest BCUT2D eigenvalue weighted by Gasteiger charge is 1.95. The standard InChI is InChI=1S/C9H9ClN2O2/c1-14-9(13)4-2-3-7-5-6-8(10)12-11-7/h2-3,5-6H,4H2,1H3. The van der Waals surface area contributed by atoms with Crippen LogP contribution in [0.25, 0.3) is 6.08 Å². The van der Waals surface area contributed by atoms with Gasteiger partial charge in [0.1, 0.15) is 0 Å². The van der Waals surface area contributed by atoms with E-state index in [0.717, 1.165) is 0 Å². The molecule has 0 amide bonds. The van der Waals surface area contributed by atoms with Gasteiger partial charge in [-0.05, 0) is 18.2 Å². The van der Waals surface area contributed by atoms with Gasteiger partial charge in [0.25, 0.3) is 0 Å². The lowest BCUT2D eigenvalue weighted by atomic mass is 10.3. The van der Waals surface area contributed by atoms with E-state index in [2.05, 4.69) is 14.9 Å². The molecule has 0 unspecified atom stereocenters. The zero-order valence-corrected chi connectivity index (χ0v) is 8.36. The smallest absolute Gasteiger partial charge is 0.309 e. The predicted molar refractivity (Wildman–Crippen MR) is 52.7 cm³/mol. The van der Waals surface area contributed by atoms with Gasteiger partial charge in [0.15, 0.2) is 5.15 Å². The molecule has 14 heavy (non-hydrogen) atoms. The Kier molecular flexibility index (Phi) is 4.07. The van der Waals surface area contributed by atoms with Crippen molar-refractivity contribution in [2.45, 2.75) is 6.42 Å². The zero-order valence-electron chi connectivity index (χ0n) is 7.61. The monoisotopic (exact) mass is 212 g/mol. The first-order valence-corrected chi connectivity index (χ1v) is 4.33. The average Bonchev–Trinajstić information content (AvgIpc) is 2.21. The first-order chi connectivity index (χ1) is 6.72. The Hall–Kier alpha value is -1.42. The summed E-state index contributed by atoms with van der Waals surface area (Å²) in [7, 11) is 1.35. The van der Waals surface area contributed by atoms with Crippen molar-refractivity contribution in [3.63, 3.8) is 0 Å². The number of hydrogen-bond acceptors (Lipinski definition) is 4. The summed E-state index contributed by atoms with van der Waals surface area (Å²) in [5.74, 6) is -0.289. The van der Waals surface area contributed by atoms with Gasteiger partial charge < -0.3 is 4.74 Å². The van der Waals surface area contributed by atoms with E-state index in [0.29, 0.717) is 10.8 Å². The van der Waals surface area contributed by atoms with E-state index in [1.165, 1.54) is 7.11 Å². The molecular formula is C9H9ClN2O2. The van der Waals surface area contributed by atoms with Gasteiger partial charge in [0.2, 0.25) is 0 Å². The lowest BCUT2D eigenvalue weighted by Gasteiger charge is -1.92. The van der Waals surface area contributed by atoms with Crippen molar-refractivity contribution in [1.82, 2.24) is 10.2 Å². The molecule has 1 aromatic rings. The van der Waals surface area contributed by atoms with Gasteiger partial charge in [0.05, 0.1) is 19.2 Å². The van der Waals surface area contributed by atoms with E-state index in [-0.39, 0.29) is 12.4 Å². The van der Waals surface area contributed by atoms with Crippen LogP contribution in [0.3, 0.4) is 0 Å². The Labute approximate surface area is 86.6 Å². The molecule has 0 saturated carbocycles. The number of rotatable bonds is 3. The van der Waals surface area contributed by atoms with E-state index >= 15 is 0 Å². The highest BCUT2D eigenvalue weighted by atomic mass is 35.5. The van der Waals surface area contributed by atoms with Crippen LogP contribution in [-0.2, 0) is 9.53 Å². The van der Waals surface area contributed by atoms with Gasteiger partial charge >= 0.3 is 5.97 Å². The fourth-order valence-electron chi connectivity index (χ4n) is 0.774. The van der Waals surface area contributed by atoms with Crippen LogP contribution in [0, 0.1) is 0 Å². The molecule has 4 nitrogen and oxygen atoms in total. The molecule has 0 atom stereocenters. The summed E-state index contributed by atoms with van der Waals surface area (Å²) in [5, 5.41) is 7.77. The van der Waals surface area contributed by atoms with Crippen LogP contribution in [0.5, 0.6) is 0 Å². The van der Waals surface area contributed by atoms with Crippen molar-refractivity contribution >= 4 is 23.6 Å². The topological polar surface area (TPSA) is 52.1 Å². The lowest BCUT2D eigenvalue weighted by Crippen LogP contribution is -1.96.